The van der Waals surface area contributed by atoms with E-state index in [9.17, 15) is 4.79 Å². The maximum absolute atomic E-state index is 12.7. The van der Waals surface area contributed by atoms with E-state index < -0.39 is 0 Å². The molecule has 0 spiro atoms. The fourth-order valence-corrected chi connectivity index (χ4v) is 3.99. The fourth-order valence-electron chi connectivity index (χ4n) is 3.99. The molecule has 0 radical (unpaired) electrons. The summed E-state index contributed by atoms with van der Waals surface area (Å²) in [7, 11) is 0. The Hall–Kier alpha value is -2.97. The molecule has 2 aromatic rings. The Kier molecular flexibility index (Phi) is 5.10. The molecule has 158 valence electrons. The van der Waals surface area contributed by atoms with Gasteiger partial charge in [-0.15, -0.1) is 0 Å². The van der Waals surface area contributed by atoms with E-state index in [0.29, 0.717) is 18.3 Å². The molecule has 30 heavy (non-hydrogen) atoms. The largest absolute Gasteiger partial charge is 0.454 e. The summed E-state index contributed by atoms with van der Waals surface area (Å²) in [6, 6.07) is 11.4. The number of hydrogen-bond donors (Lipinski definition) is 1. The summed E-state index contributed by atoms with van der Waals surface area (Å²) in [4.78, 5) is 17.3. The molecule has 3 heterocycles. The summed E-state index contributed by atoms with van der Waals surface area (Å²) >= 11 is 0. The van der Waals surface area contributed by atoms with E-state index in [0.717, 1.165) is 49.9 Å². The summed E-state index contributed by atoms with van der Waals surface area (Å²) in [5, 5.41) is 2.99. The molecule has 5 rings (SSSR count). The van der Waals surface area contributed by atoms with Crippen LogP contribution in [0.2, 0.25) is 0 Å². The van der Waals surface area contributed by atoms with Crippen LogP contribution in [0, 0.1) is 0 Å². The number of carbonyl (C=O) groups is 1. The van der Waals surface area contributed by atoms with Gasteiger partial charge in [0.1, 0.15) is 0 Å². The van der Waals surface area contributed by atoms with Gasteiger partial charge in [-0.1, -0.05) is 6.07 Å². The van der Waals surface area contributed by atoms with Crippen LogP contribution in [0.25, 0.3) is 0 Å². The second kappa shape index (κ2) is 8.04. The second-order valence-electron chi connectivity index (χ2n) is 7.73. The maximum atomic E-state index is 12.7. The van der Waals surface area contributed by atoms with Crippen molar-refractivity contribution in [2.75, 3.05) is 45.1 Å². The SMILES string of the molecule is CC(C(=O)Nc1ccc2c(c1)OCO2)N1CCN(Cc2ccc3c(c2)OCO3)CC1. The third kappa shape index (κ3) is 3.88. The topological polar surface area (TPSA) is 72.5 Å². The summed E-state index contributed by atoms with van der Waals surface area (Å²) in [6.45, 7) is 6.86. The first kappa shape index (κ1) is 19.0. The minimum atomic E-state index is -0.205. The second-order valence-corrected chi connectivity index (χ2v) is 7.73. The molecule has 0 aromatic heterocycles. The van der Waals surface area contributed by atoms with Gasteiger partial charge in [0.25, 0.3) is 0 Å². The first-order valence-corrected chi connectivity index (χ1v) is 10.2. The van der Waals surface area contributed by atoms with E-state index >= 15 is 0 Å². The molecule has 0 saturated carbocycles. The lowest BCUT2D eigenvalue weighted by Crippen LogP contribution is -2.52. The zero-order valence-corrected chi connectivity index (χ0v) is 16.9. The van der Waals surface area contributed by atoms with E-state index in [1.54, 1.807) is 6.07 Å². The van der Waals surface area contributed by atoms with Gasteiger partial charge in [-0.05, 0) is 36.8 Å². The number of nitrogens with zero attached hydrogens (tertiary/aromatic N) is 2. The van der Waals surface area contributed by atoms with Crippen molar-refractivity contribution in [2.45, 2.75) is 19.5 Å². The van der Waals surface area contributed by atoms with Gasteiger partial charge in [0.2, 0.25) is 19.5 Å². The van der Waals surface area contributed by atoms with Gasteiger partial charge < -0.3 is 24.3 Å². The molecule has 1 N–H and O–H groups in total. The van der Waals surface area contributed by atoms with E-state index in [-0.39, 0.29) is 18.7 Å². The van der Waals surface area contributed by atoms with Crippen molar-refractivity contribution in [1.82, 2.24) is 9.80 Å². The number of carbonyl (C=O) groups excluding carboxylic acids is 1. The Morgan fingerprint density at radius 2 is 1.53 bits per heavy atom. The smallest absolute Gasteiger partial charge is 0.241 e. The number of benzene rings is 2. The summed E-state index contributed by atoms with van der Waals surface area (Å²) in [5.41, 5.74) is 1.93. The van der Waals surface area contributed by atoms with Crippen LogP contribution < -0.4 is 24.3 Å². The van der Waals surface area contributed by atoms with E-state index in [1.807, 2.05) is 25.1 Å². The number of ether oxygens (including phenoxy) is 4. The highest BCUT2D eigenvalue weighted by Gasteiger charge is 2.26. The number of fused-ring (bicyclic) bond motifs is 2. The maximum Gasteiger partial charge on any atom is 0.241 e. The highest BCUT2D eigenvalue weighted by molar-refractivity contribution is 5.94. The molecule has 0 bridgehead atoms. The monoisotopic (exact) mass is 411 g/mol. The Morgan fingerprint density at radius 1 is 0.900 bits per heavy atom. The lowest BCUT2D eigenvalue weighted by molar-refractivity contribution is -0.121. The van der Waals surface area contributed by atoms with Gasteiger partial charge >= 0.3 is 0 Å². The first-order valence-electron chi connectivity index (χ1n) is 10.2. The minimum Gasteiger partial charge on any atom is -0.454 e. The van der Waals surface area contributed by atoms with Crippen molar-refractivity contribution in [3.63, 3.8) is 0 Å². The Balaban J connectivity index is 1.13. The first-order chi connectivity index (χ1) is 14.7. The van der Waals surface area contributed by atoms with Crippen LogP contribution in [0.5, 0.6) is 23.0 Å². The van der Waals surface area contributed by atoms with Crippen molar-refractivity contribution >= 4 is 11.6 Å². The van der Waals surface area contributed by atoms with Crippen molar-refractivity contribution in [3.05, 3.63) is 42.0 Å². The fraction of sp³-hybridized carbons (Fsp3) is 0.409. The normalized spacial score (nSPS) is 19.0. The van der Waals surface area contributed by atoms with Crippen molar-refractivity contribution < 1.29 is 23.7 Å². The molecule has 8 nitrogen and oxygen atoms in total. The van der Waals surface area contributed by atoms with E-state index in [2.05, 4.69) is 27.2 Å². The number of anilines is 1. The molecule has 1 unspecified atom stereocenters. The Labute approximate surface area is 175 Å². The summed E-state index contributed by atoms with van der Waals surface area (Å²) < 4.78 is 21.5. The van der Waals surface area contributed by atoms with Crippen LogP contribution >= 0.6 is 0 Å². The molecule has 1 atom stereocenters. The average molecular weight is 411 g/mol. The summed E-state index contributed by atoms with van der Waals surface area (Å²) in [6.07, 6.45) is 0. The molecule has 2 aromatic carbocycles. The molecule has 3 aliphatic rings. The molecule has 0 aliphatic carbocycles. The predicted molar refractivity (Wildman–Crippen MR) is 110 cm³/mol. The molecular formula is C22H25N3O5. The van der Waals surface area contributed by atoms with Gasteiger partial charge in [0.05, 0.1) is 6.04 Å². The highest BCUT2D eigenvalue weighted by atomic mass is 16.7. The molecule has 3 aliphatic heterocycles. The molecule has 1 amide bonds. The Bertz CT molecular complexity index is 942. The quantitative estimate of drug-likeness (QED) is 0.809. The van der Waals surface area contributed by atoms with Crippen LogP contribution in [0.3, 0.4) is 0 Å². The van der Waals surface area contributed by atoms with E-state index in [1.165, 1.54) is 5.56 Å². The lowest BCUT2D eigenvalue weighted by atomic mass is 10.1. The van der Waals surface area contributed by atoms with Gasteiger partial charge in [-0.25, -0.2) is 0 Å². The number of piperazine rings is 1. The lowest BCUT2D eigenvalue weighted by Gasteiger charge is -2.37. The average Bonchev–Trinajstić information content (AvgIpc) is 3.42. The summed E-state index contributed by atoms with van der Waals surface area (Å²) in [5.74, 6) is 2.99. The van der Waals surface area contributed by atoms with Crippen LogP contribution in [0.15, 0.2) is 36.4 Å². The van der Waals surface area contributed by atoms with Gasteiger partial charge in [-0.2, -0.15) is 0 Å². The van der Waals surface area contributed by atoms with Gasteiger partial charge in [0, 0.05) is 44.5 Å². The van der Waals surface area contributed by atoms with Gasteiger partial charge in [0.15, 0.2) is 23.0 Å². The van der Waals surface area contributed by atoms with Crippen LogP contribution in [0.1, 0.15) is 12.5 Å². The highest BCUT2D eigenvalue weighted by Crippen LogP contribution is 2.34. The Morgan fingerprint density at radius 3 is 2.27 bits per heavy atom. The molecule has 1 saturated heterocycles. The standard InChI is InChI=1S/C22H25N3O5/c1-15(22(26)23-17-3-5-19-21(11-17)30-14-28-19)25-8-6-24(7-9-25)12-16-2-4-18-20(10-16)29-13-27-18/h2-5,10-11,15H,6-9,12-14H2,1H3,(H,23,26). The van der Waals surface area contributed by atoms with E-state index in [4.69, 9.17) is 18.9 Å². The third-order valence-electron chi connectivity index (χ3n) is 5.82. The minimum absolute atomic E-state index is 0.0157. The predicted octanol–water partition coefficient (Wildman–Crippen LogP) is 2.29. The van der Waals surface area contributed by atoms with Crippen molar-refractivity contribution in [2.24, 2.45) is 0 Å². The van der Waals surface area contributed by atoms with Crippen LogP contribution in [-0.4, -0.2) is 61.5 Å². The molecule has 1 fully saturated rings. The third-order valence-corrected chi connectivity index (χ3v) is 5.82. The number of nitrogens with one attached hydrogen (secondary N) is 1. The molecule has 8 heteroatoms. The van der Waals surface area contributed by atoms with Crippen molar-refractivity contribution in [3.8, 4) is 23.0 Å². The van der Waals surface area contributed by atoms with Gasteiger partial charge in [-0.3, -0.25) is 14.6 Å². The zero-order chi connectivity index (χ0) is 20.5. The van der Waals surface area contributed by atoms with Crippen molar-refractivity contribution in [1.29, 1.82) is 0 Å². The number of amides is 1. The number of rotatable bonds is 5. The molecular weight excluding hydrogens is 386 g/mol. The zero-order valence-electron chi connectivity index (χ0n) is 16.9. The number of hydrogen-bond acceptors (Lipinski definition) is 7. The van der Waals surface area contributed by atoms with Crippen LogP contribution in [-0.2, 0) is 11.3 Å². The van der Waals surface area contributed by atoms with Crippen LogP contribution in [0.4, 0.5) is 5.69 Å².